The third kappa shape index (κ3) is 12.1. The number of unbranched alkanes of at least 4 members (excludes halogenated alkanes) is 1. The number of rotatable bonds is 11. The summed E-state index contributed by atoms with van der Waals surface area (Å²) in [5.74, 6) is 0. The Morgan fingerprint density at radius 1 is 0.680 bits per heavy atom. The monoisotopic (exact) mass is 441 g/mol. The highest BCUT2D eigenvalue weighted by Gasteiger charge is 2.37. The van der Waals surface area contributed by atoms with Crippen LogP contribution in [0, 0.1) is 0 Å². The highest BCUT2D eigenvalue weighted by molar-refractivity contribution is 7.57. The molecular formula is C16H44NO3PSi4. The summed E-state index contributed by atoms with van der Waals surface area (Å²) < 4.78 is 28.2. The van der Waals surface area contributed by atoms with Gasteiger partial charge in [-0.3, -0.25) is 4.57 Å². The third-order valence-electron chi connectivity index (χ3n) is 3.51. The molecule has 0 bridgehead atoms. The molecule has 0 unspecified atom stereocenters. The van der Waals surface area contributed by atoms with Gasteiger partial charge in [-0.05, 0) is 58.7 Å². The van der Waals surface area contributed by atoms with Crippen LogP contribution in [0.1, 0.15) is 12.8 Å². The topological polar surface area (TPSA) is 38.8 Å². The smallest absolute Gasteiger partial charge is 0.311 e. The normalized spacial score (nSPS) is 15.1. The van der Waals surface area contributed by atoms with Gasteiger partial charge in [-0.15, -0.1) is 0 Å². The molecule has 0 heterocycles. The molecule has 0 amide bonds. The Balaban J connectivity index is 4.89. The molecule has 9 heteroatoms. The second kappa shape index (κ2) is 8.99. The maximum absolute atomic E-state index is 13.3. The number of hydrogen-bond acceptors (Lipinski definition) is 4. The van der Waals surface area contributed by atoms with Gasteiger partial charge in [0.05, 0.1) is 0 Å². The van der Waals surface area contributed by atoms with Gasteiger partial charge in [0.25, 0.3) is 0 Å². The summed E-state index contributed by atoms with van der Waals surface area (Å²) in [7, 11) is -9.40. The second-order valence-corrected chi connectivity index (χ2v) is 32.7. The van der Waals surface area contributed by atoms with Gasteiger partial charge >= 0.3 is 7.60 Å². The van der Waals surface area contributed by atoms with Gasteiger partial charge in [-0.1, -0.05) is 39.3 Å². The molecule has 0 atom stereocenters. The van der Waals surface area contributed by atoms with Crippen molar-refractivity contribution in [2.45, 2.75) is 91.4 Å². The van der Waals surface area contributed by atoms with E-state index in [2.05, 4.69) is 82.8 Å². The quantitative estimate of drug-likeness (QED) is 0.205. The lowest BCUT2D eigenvalue weighted by Crippen LogP contribution is -2.59. The highest BCUT2D eigenvalue weighted by atomic mass is 31.2. The summed E-state index contributed by atoms with van der Waals surface area (Å²) in [6, 6.07) is 0. The zero-order chi connectivity index (χ0) is 20.3. The molecule has 0 rings (SSSR count). The van der Waals surface area contributed by atoms with Crippen molar-refractivity contribution in [2.75, 3.05) is 12.7 Å². The van der Waals surface area contributed by atoms with E-state index in [1.165, 1.54) is 0 Å². The first kappa shape index (κ1) is 26.0. The summed E-state index contributed by atoms with van der Waals surface area (Å²) >= 11 is 0. The zero-order valence-corrected chi connectivity index (χ0v) is 23.8. The minimum absolute atomic E-state index is 0.562. The van der Waals surface area contributed by atoms with Crippen LogP contribution in [0.3, 0.4) is 0 Å². The van der Waals surface area contributed by atoms with E-state index in [0.29, 0.717) is 6.16 Å². The van der Waals surface area contributed by atoms with Crippen LogP contribution in [0.4, 0.5) is 0 Å². The Hall–Kier alpha value is 0.978. The molecule has 0 aromatic carbocycles. The molecule has 25 heavy (non-hydrogen) atoms. The fraction of sp³-hybridized carbons (Fsp3) is 1.00. The van der Waals surface area contributed by atoms with Crippen LogP contribution in [-0.2, 0) is 13.0 Å². The van der Waals surface area contributed by atoms with Crippen molar-refractivity contribution >= 4 is 40.7 Å². The van der Waals surface area contributed by atoms with E-state index >= 15 is 0 Å². The van der Waals surface area contributed by atoms with Crippen LogP contribution in [0.2, 0.25) is 78.6 Å². The summed E-state index contributed by atoms with van der Waals surface area (Å²) in [6.07, 6.45) is 2.55. The Labute approximate surface area is 162 Å². The SMILES string of the molecule is C[Si](C)(C)OP(=O)(CCCCN([Si](C)(C)C)[Si](C)(C)C)O[Si](C)(C)C. The minimum Gasteiger partial charge on any atom is -0.352 e. The van der Waals surface area contributed by atoms with Gasteiger partial charge in [0.15, 0.2) is 16.6 Å². The molecule has 0 saturated carbocycles. The maximum Gasteiger partial charge on any atom is 0.311 e. The summed E-state index contributed by atoms with van der Waals surface area (Å²) in [5, 5.41) is 0. The fourth-order valence-electron chi connectivity index (χ4n) is 3.20. The second-order valence-electron chi connectivity index (χ2n) is 10.9. The van der Waals surface area contributed by atoms with Gasteiger partial charge in [0.2, 0.25) is 0 Å². The summed E-state index contributed by atoms with van der Waals surface area (Å²) in [5.41, 5.74) is 0. The molecule has 0 radical (unpaired) electrons. The molecule has 0 aliphatic heterocycles. The Morgan fingerprint density at radius 3 is 1.32 bits per heavy atom. The number of hydrogen-bond donors (Lipinski definition) is 0. The molecule has 0 spiro atoms. The lowest BCUT2D eigenvalue weighted by Gasteiger charge is -2.43. The van der Waals surface area contributed by atoms with Gasteiger partial charge in [0, 0.05) is 6.16 Å². The van der Waals surface area contributed by atoms with E-state index in [1.54, 1.807) is 0 Å². The molecule has 0 aromatic heterocycles. The average Bonchev–Trinajstić information content (AvgIpc) is 2.18. The molecule has 0 saturated heterocycles. The highest BCUT2D eigenvalue weighted by Crippen LogP contribution is 2.53. The number of nitrogens with zero attached hydrogens (tertiary/aromatic N) is 1. The van der Waals surface area contributed by atoms with E-state index in [4.69, 9.17) is 8.43 Å². The van der Waals surface area contributed by atoms with E-state index in [0.717, 1.165) is 19.4 Å². The molecular weight excluding hydrogens is 397 g/mol. The molecule has 0 aromatic rings. The summed E-state index contributed by atoms with van der Waals surface area (Å²) in [4.78, 5) is 0. The van der Waals surface area contributed by atoms with Gasteiger partial charge in [0.1, 0.15) is 16.5 Å². The first-order valence-corrected chi connectivity index (χ1v) is 25.0. The first-order chi connectivity index (χ1) is 10.8. The van der Waals surface area contributed by atoms with Crippen molar-refractivity contribution in [1.82, 2.24) is 4.23 Å². The maximum atomic E-state index is 13.3. The van der Waals surface area contributed by atoms with Crippen LogP contribution in [0.25, 0.3) is 0 Å². The molecule has 0 fully saturated rings. The van der Waals surface area contributed by atoms with Gasteiger partial charge in [-0.2, -0.15) is 0 Å². The van der Waals surface area contributed by atoms with Crippen LogP contribution in [-0.4, -0.2) is 50.0 Å². The third-order valence-corrected chi connectivity index (χ3v) is 18.7. The van der Waals surface area contributed by atoms with Crippen molar-refractivity contribution in [2.24, 2.45) is 0 Å². The molecule has 0 N–H and O–H groups in total. The van der Waals surface area contributed by atoms with Crippen molar-refractivity contribution in [3.05, 3.63) is 0 Å². The molecule has 0 aliphatic carbocycles. The fourth-order valence-corrected chi connectivity index (χ4v) is 21.4. The summed E-state index contributed by atoms with van der Waals surface area (Å²) in [6.45, 7) is 28.2. The average molecular weight is 442 g/mol. The predicted molar refractivity (Wildman–Crippen MR) is 124 cm³/mol. The van der Waals surface area contributed by atoms with E-state index < -0.39 is 40.7 Å². The zero-order valence-electron chi connectivity index (χ0n) is 18.9. The van der Waals surface area contributed by atoms with Crippen LogP contribution in [0.5, 0.6) is 0 Å². The van der Waals surface area contributed by atoms with E-state index in [-0.39, 0.29) is 0 Å². The largest absolute Gasteiger partial charge is 0.352 e. The van der Waals surface area contributed by atoms with E-state index in [1.807, 2.05) is 0 Å². The Bertz CT molecular complexity index is 428. The van der Waals surface area contributed by atoms with Gasteiger partial charge in [-0.25, -0.2) is 0 Å². The van der Waals surface area contributed by atoms with Crippen molar-refractivity contribution in [1.29, 1.82) is 0 Å². The van der Waals surface area contributed by atoms with E-state index in [9.17, 15) is 4.57 Å². The lowest BCUT2D eigenvalue weighted by atomic mass is 10.3. The van der Waals surface area contributed by atoms with Crippen LogP contribution in [0.15, 0.2) is 0 Å². The molecule has 4 nitrogen and oxygen atoms in total. The lowest BCUT2D eigenvalue weighted by molar-refractivity contribution is 0.380. The van der Waals surface area contributed by atoms with Crippen LogP contribution >= 0.6 is 7.60 Å². The van der Waals surface area contributed by atoms with Crippen LogP contribution < -0.4 is 0 Å². The molecule has 152 valence electrons. The Morgan fingerprint density at radius 2 is 1.04 bits per heavy atom. The minimum atomic E-state index is -2.98. The Kier molecular flexibility index (Phi) is 9.34. The van der Waals surface area contributed by atoms with Crippen molar-refractivity contribution in [3.63, 3.8) is 0 Å². The molecule has 0 aliphatic rings. The van der Waals surface area contributed by atoms with Crippen molar-refractivity contribution < 1.29 is 13.0 Å². The predicted octanol–water partition coefficient (Wildman–Crippen LogP) is 6.63. The standard InChI is InChI=1S/C16H44NO3PSi4/c1-22(2,3)17(23(4,5)6)15-13-14-16-21(18,19-24(7,8)9)20-25(10,11)12/h13-16H2,1-12H3. The van der Waals surface area contributed by atoms with Gasteiger partial charge < -0.3 is 12.7 Å². The van der Waals surface area contributed by atoms with Crippen molar-refractivity contribution in [3.8, 4) is 0 Å². The first-order valence-electron chi connectivity index (χ1n) is 9.54.